The Labute approximate surface area is 147 Å². The van der Waals surface area contributed by atoms with Crippen LogP contribution in [0.5, 0.6) is 11.5 Å². The van der Waals surface area contributed by atoms with Gasteiger partial charge in [-0.15, -0.1) is 0 Å². The number of piperidine rings is 1. The lowest BCUT2D eigenvalue weighted by Crippen LogP contribution is -3.14. The molecular formula is C20H34NO3+. The van der Waals surface area contributed by atoms with Gasteiger partial charge in [-0.2, -0.15) is 0 Å². The standard InChI is InChI=1S/C20H33NO3/c1-4-10-23-19-5-7-20(8-6-19)24-13-12-22-11-9-21-15-17(2)14-18(3)16-21/h5-8,17-18H,4,9-16H2,1-3H3/p+1/t17-,18+. The van der Waals surface area contributed by atoms with Crippen LogP contribution >= 0.6 is 0 Å². The van der Waals surface area contributed by atoms with Gasteiger partial charge >= 0.3 is 0 Å². The van der Waals surface area contributed by atoms with E-state index in [-0.39, 0.29) is 0 Å². The molecule has 4 nitrogen and oxygen atoms in total. The van der Waals surface area contributed by atoms with Gasteiger partial charge in [0.15, 0.2) is 0 Å². The van der Waals surface area contributed by atoms with Crippen LogP contribution in [0.15, 0.2) is 24.3 Å². The maximum absolute atomic E-state index is 5.73. The summed E-state index contributed by atoms with van der Waals surface area (Å²) in [6.45, 7) is 13.3. The molecule has 1 aromatic carbocycles. The fraction of sp³-hybridized carbons (Fsp3) is 0.700. The Morgan fingerprint density at radius 2 is 1.46 bits per heavy atom. The number of ether oxygens (including phenoxy) is 3. The van der Waals surface area contributed by atoms with Crippen LogP contribution in [0.4, 0.5) is 0 Å². The van der Waals surface area contributed by atoms with Gasteiger partial charge in [0, 0.05) is 11.8 Å². The van der Waals surface area contributed by atoms with E-state index in [1.807, 2.05) is 24.3 Å². The summed E-state index contributed by atoms with van der Waals surface area (Å²) < 4.78 is 17.0. The molecule has 0 aromatic heterocycles. The zero-order chi connectivity index (χ0) is 17.2. The van der Waals surface area contributed by atoms with Gasteiger partial charge in [-0.05, 0) is 37.1 Å². The van der Waals surface area contributed by atoms with Gasteiger partial charge in [0.05, 0.1) is 32.9 Å². The fourth-order valence-corrected chi connectivity index (χ4v) is 3.52. The lowest BCUT2D eigenvalue weighted by atomic mass is 9.92. The fourth-order valence-electron chi connectivity index (χ4n) is 3.52. The van der Waals surface area contributed by atoms with Crippen molar-refractivity contribution in [3.63, 3.8) is 0 Å². The molecule has 1 N–H and O–H groups in total. The van der Waals surface area contributed by atoms with E-state index in [2.05, 4.69) is 20.8 Å². The average Bonchev–Trinajstić information content (AvgIpc) is 2.56. The molecule has 0 bridgehead atoms. The number of benzene rings is 1. The average molecular weight is 336 g/mol. The van der Waals surface area contributed by atoms with Gasteiger partial charge in [-0.1, -0.05) is 20.8 Å². The Bertz CT molecular complexity index is 439. The monoisotopic (exact) mass is 336 g/mol. The molecular weight excluding hydrogens is 302 g/mol. The molecule has 24 heavy (non-hydrogen) atoms. The molecule has 0 radical (unpaired) electrons. The molecule has 1 unspecified atom stereocenters. The number of likely N-dealkylation sites (tertiary alicyclic amines) is 1. The van der Waals surface area contributed by atoms with Crippen molar-refractivity contribution in [3.05, 3.63) is 24.3 Å². The molecule has 1 aliphatic rings. The quantitative estimate of drug-likeness (QED) is 0.666. The van der Waals surface area contributed by atoms with Gasteiger partial charge in [-0.25, -0.2) is 0 Å². The van der Waals surface area contributed by atoms with E-state index >= 15 is 0 Å². The van der Waals surface area contributed by atoms with E-state index in [9.17, 15) is 0 Å². The molecule has 0 amide bonds. The normalized spacial score (nSPS) is 23.9. The molecule has 3 atom stereocenters. The first-order valence-electron chi connectivity index (χ1n) is 9.44. The maximum Gasteiger partial charge on any atom is 0.119 e. The lowest BCUT2D eigenvalue weighted by molar-refractivity contribution is -0.912. The lowest BCUT2D eigenvalue weighted by Gasteiger charge is -2.31. The van der Waals surface area contributed by atoms with Crippen LogP contribution in [-0.4, -0.2) is 46.1 Å². The van der Waals surface area contributed by atoms with Crippen LogP contribution in [-0.2, 0) is 4.74 Å². The minimum absolute atomic E-state index is 0.595. The number of nitrogens with one attached hydrogen (secondary N) is 1. The highest BCUT2D eigenvalue weighted by atomic mass is 16.5. The maximum atomic E-state index is 5.73. The third kappa shape index (κ3) is 7.10. The second-order valence-electron chi connectivity index (χ2n) is 7.13. The second kappa shape index (κ2) is 10.6. The van der Waals surface area contributed by atoms with Gasteiger partial charge in [0.25, 0.3) is 0 Å². The highest BCUT2D eigenvalue weighted by Gasteiger charge is 2.24. The minimum Gasteiger partial charge on any atom is -0.494 e. The SMILES string of the molecule is CCCOc1ccc(OCCOCC[NH+]2C[C@H](C)C[C@H](C)C2)cc1. The third-order valence-electron chi connectivity index (χ3n) is 4.47. The Morgan fingerprint density at radius 3 is 2.04 bits per heavy atom. The van der Waals surface area contributed by atoms with E-state index in [1.54, 1.807) is 4.90 Å². The Balaban J connectivity index is 1.53. The molecule has 0 spiro atoms. The van der Waals surface area contributed by atoms with E-state index in [0.717, 1.165) is 49.5 Å². The van der Waals surface area contributed by atoms with Crippen molar-refractivity contribution >= 4 is 0 Å². The summed E-state index contributed by atoms with van der Waals surface area (Å²) in [6.07, 6.45) is 2.40. The summed E-state index contributed by atoms with van der Waals surface area (Å²) in [7, 11) is 0. The first-order chi connectivity index (χ1) is 11.7. The van der Waals surface area contributed by atoms with Gasteiger partial charge in [0.1, 0.15) is 24.7 Å². The highest BCUT2D eigenvalue weighted by molar-refractivity contribution is 5.31. The highest BCUT2D eigenvalue weighted by Crippen LogP contribution is 2.17. The summed E-state index contributed by atoms with van der Waals surface area (Å²) in [5.41, 5.74) is 0. The number of rotatable bonds is 10. The number of hydrogen-bond donors (Lipinski definition) is 1. The van der Waals surface area contributed by atoms with Crippen LogP contribution < -0.4 is 14.4 Å². The summed E-state index contributed by atoms with van der Waals surface area (Å²) in [6, 6.07) is 7.80. The molecule has 136 valence electrons. The van der Waals surface area contributed by atoms with Gasteiger partial charge in [0.2, 0.25) is 0 Å². The van der Waals surface area contributed by atoms with Crippen LogP contribution in [0.25, 0.3) is 0 Å². The Kier molecular flexibility index (Phi) is 8.40. The van der Waals surface area contributed by atoms with E-state index in [0.29, 0.717) is 13.2 Å². The molecule has 0 saturated carbocycles. The largest absolute Gasteiger partial charge is 0.494 e. The number of hydrogen-bond acceptors (Lipinski definition) is 3. The summed E-state index contributed by atoms with van der Waals surface area (Å²) >= 11 is 0. The van der Waals surface area contributed by atoms with Crippen molar-refractivity contribution in [2.45, 2.75) is 33.6 Å². The Morgan fingerprint density at radius 1 is 0.875 bits per heavy atom. The smallest absolute Gasteiger partial charge is 0.119 e. The second-order valence-corrected chi connectivity index (χ2v) is 7.13. The molecule has 1 heterocycles. The van der Waals surface area contributed by atoms with Crippen LogP contribution in [0.1, 0.15) is 33.6 Å². The predicted molar refractivity (Wildman–Crippen MR) is 97.1 cm³/mol. The molecule has 1 fully saturated rings. The molecule has 0 aliphatic carbocycles. The third-order valence-corrected chi connectivity index (χ3v) is 4.47. The Hall–Kier alpha value is -1.26. The zero-order valence-electron chi connectivity index (χ0n) is 15.6. The van der Waals surface area contributed by atoms with Crippen LogP contribution in [0.3, 0.4) is 0 Å². The summed E-state index contributed by atoms with van der Waals surface area (Å²) in [4.78, 5) is 1.69. The predicted octanol–water partition coefficient (Wildman–Crippen LogP) is 2.43. The van der Waals surface area contributed by atoms with E-state index in [1.165, 1.54) is 19.5 Å². The van der Waals surface area contributed by atoms with Crippen LogP contribution in [0.2, 0.25) is 0 Å². The van der Waals surface area contributed by atoms with Crippen molar-refractivity contribution in [3.8, 4) is 11.5 Å². The van der Waals surface area contributed by atoms with E-state index in [4.69, 9.17) is 14.2 Å². The van der Waals surface area contributed by atoms with Crippen molar-refractivity contribution in [1.82, 2.24) is 0 Å². The topological polar surface area (TPSA) is 32.1 Å². The molecule has 1 saturated heterocycles. The summed E-state index contributed by atoms with van der Waals surface area (Å²) in [5, 5.41) is 0. The van der Waals surface area contributed by atoms with Crippen LogP contribution in [0, 0.1) is 11.8 Å². The number of quaternary nitrogens is 1. The van der Waals surface area contributed by atoms with Crippen molar-refractivity contribution in [2.75, 3.05) is 46.1 Å². The van der Waals surface area contributed by atoms with Gasteiger partial charge in [-0.3, -0.25) is 0 Å². The van der Waals surface area contributed by atoms with Crippen molar-refractivity contribution in [2.24, 2.45) is 11.8 Å². The molecule has 2 rings (SSSR count). The molecule has 4 heteroatoms. The van der Waals surface area contributed by atoms with E-state index < -0.39 is 0 Å². The molecule has 1 aliphatic heterocycles. The first-order valence-corrected chi connectivity index (χ1v) is 9.44. The van der Waals surface area contributed by atoms with Crippen molar-refractivity contribution in [1.29, 1.82) is 0 Å². The zero-order valence-corrected chi connectivity index (χ0v) is 15.6. The minimum atomic E-state index is 0.595. The molecule has 1 aromatic rings. The van der Waals surface area contributed by atoms with Crippen molar-refractivity contribution < 1.29 is 19.1 Å². The van der Waals surface area contributed by atoms with Gasteiger partial charge < -0.3 is 19.1 Å². The summed E-state index contributed by atoms with van der Waals surface area (Å²) in [5.74, 6) is 3.45. The first kappa shape index (κ1) is 19.1.